The van der Waals surface area contributed by atoms with Crippen LogP contribution in [0.2, 0.25) is 0 Å². The van der Waals surface area contributed by atoms with E-state index in [1.165, 1.54) is 30.0 Å². The lowest BCUT2D eigenvalue weighted by atomic mass is 9.91. The quantitative estimate of drug-likeness (QED) is 0.111. The highest BCUT2D eigenvalue weighted by Gasteiger charge is 2.39. The second-order valence-electron chi connectivity index (χ2n) is 9.88. The van der Waals surface area contributed by atoms with Crippen molar-refractivity contribution in [3.63, 3.8) is 0 Å². The lowest BCUT2D eigenvalue weighted by Crippen LogP contribution is -2.38. The van der Waals surface area contributed by atoms with Gasteiger partial charge in [0.25, 0.3) is 5.91 Å². The van der Waals surface area contributed by atoms with Gasteiger partial charge in [-0.25, -0.2) is 22.0 Å². The van der Waals surface area contributed by atoms with Crippen LogP contribution in [0.25, 0.3) is 0 Å². The summed E-state index contributed by atoms with van der Waals surface area (Å²) in [4.78, 5) is 12.6. The molecule has 8 nitrogen and oxygen atoms in total. The van der Waals surface area contributed by atoms with E-state index in [2.05, 4.69) is 15.5 Å². The normalized spacial score (nSPS) is 20.3. The summed E-state index contributed by atoms with van der Waals surface area (Å²) in [7, 11) is 1.82. The van der Waals surface area contributed by atoms with Gasteiger partial charge in [-0.3, -0.25) is 4.79 Å². The monoisotopic (exact) mass is 620 g/mol. The van der Waals surface area contributed by atoms with Crippen molar-refractivity contribution < 1.29 is 41.3 Å². The Morgan fingerprint density at radius 1 is 0.977 bits per heavy atom. The van der Waals surface area contributed by atoms with Crippen LogP contribution in [-0.2, 0) is 23.1 Å². The summed E-state index contributed by atoms with van der Waals surface area (Å²) in [6.45, 7) is 1.86. The number of aryl methyl sites for hydroxylation is 1. The highest BCUT2D eigenvalue weighted by molar-refractivity contribution is 7.99. The first-order chi connectivity index (χ1) is 20.6. The van der Waals surface area contributed by atoms with E-state index in [-0.39, 0.29) is 24.3 Å². The molecule has 4 atom stereocenters. The van der Waals surface area contributed by atoms with Crippen LogP contribution in [0.3, 0.4) is 0 Å². The number of aromatic nitrogens is 3. The number of ether oxygens (including phenoxy) is 2. The van der Waals surface area contributed by atoms with E-state index < -0.39 is 53.0 Å². The average Bonchev–Trinajstić information content (AvgIpc) is 3.43. The van der Waals surface area contributed by atoms with Gasteiger partial charge in [0.05, 0.1) is 18.8 Å². The minimum atomic E-state index is -2.36. The van der Waals surface area contributed by atoms with Crippen LogP contribution in [0, 0.1) is 35.0 Å². The fourth-order valence-corrected chi connectivity index (χ4v) is 5.68. The minimum Gasteiger partial charge on any atom is -0.392 e. The Morgan fingerprint density at radius 2 is 1.65 bits per heavy atom. The summed E-state index contributed by atoms with van der Waals surface area (Å²) in [5.41, 5.74) is 0.390. The fourth-order valence-electron chi connectivity index (χ4n) is 4.63. The first-order valence-electron chi connectivity index (χ1n) is 13.0. The van der Waals surface area contributed by atoms with Crippen molar-refractivity contribution in [1.29, 1.82) is 0 Å². The zero-order valence-electron chi connectivity index (χ0n) is 22.7. The topological polar surface area (TPSA) is 98.5 Å². The number of aliphatic hydroxyl groups is 1. The van der Waals surface area contributed by atoms with Gasteiger partial charge in [-0.15, -0.1) is 10.2 Å². The molecule has 0 radical (unpaired) electrons. The van der Waals surface area contributed by atoms with E-state index in [1.807, 2.05) is 26.1 Å². The molecule has 4 aromatic rings. The molecule has 1 saturated heterocycles. The van der Waals surface area contributed by atoms with Crippen molar-refractivity contribution in [1.82, 2.24) is 14.8 Å². The molecule has 0 saturated carbocycles. The molecule has 2 heterocycles. The molecule has 1 fully saturated rings. The number of hydrogen-bond acceptors (Lipinski definition) is 7. The Hall–Kier alpha value is -3.85. The molecule has 3 aromatic carbocycles. The van der Waals surface area contributed by atoms with Crippen LogP contribution >= 0.6 is 11.8 Å². The predicted molar refractivity (Wildman–Crippen MR) is 145 cm³/mol. The van der Waals surface area contributed by atoms with Crippen LogP contribution in [-0.4, -0.2) is 37.6 Å². The zero-order chi connectivity index (χ0) is 30.8. The highest BCUT2D eigenvalue weighted by atomic mass is 32.2. The molecule has 0 aliphatic carbocycles. The number of hydrogen-bond donors (Lipinski definition) is 2. The predicted octanol–water partition coefficient (Wildman–Crippen LogP) is 5.84. The van der Waals surface area contributed by atoms with Crippen molar-refractivity contribution in [2.75, 3.05) is 11.1 Å². The van der Waals surface area contributed by atoms with E-state index in [4.69, 9.17) is 9.47 Å². The van der Waals surface area contributed by atoms with Crippen molar-refractivity contribution in [2.24, 2.45) is 13.0 Å². The third kappa shape index (κ3) is 6.27. The molecule has 43 heavy (non-hydrogen) atoms. The molecular formula is C29H25F5N4O4S. The molecule has 2 N–H and O–H groups in total. The number of carbonyl (C=O) groups is 1. The van der Waals surface area contributed by atoms with Crippen LogP contribution in [0.1, 0.15) is 46.4 Å². The summed E-state index contributed by atoms with van der Waals surface area (Å²) >= 11 is 1.44. The van der Waals surface area contributed by atoms with Crippen LogP contribution < -0.4 is 5.32 Å². The van der Waals surface area contributed by atoms with Gasteiger partial charge in [0, 0.05) is 30.0 Å². The number of anilines is 1. The number of nitrogens with one attached hydrogen (secondary N) is 1. The summed E-state index contributed by atoms with van der Waals surface area (Å²) in [5, 5.41) is 20.3. The van der Waals surface area contributed by atoms with E-state index in [0.717, 1.165) is 11.1 Å². The average molecular weight is 621 g/mol. The molecule has 0 bridgehead atoms. The van der Waals surface area contributed by atoms with E-state index in [1.54, 1.807) is 29.1 Å². The van der Waals surface area contributed by atoms with Crippen LogP contribution in [0.5, 0.6) is 0 Å². The highest BCUT2D eigenvalue weighted by Crippen LogP contribution is 2.43. The van der Waals surface area contributed by atoms with E-state index >= 15 is 0 Å². The van der Waals surface area contributed by atoms with Crippen LogP contribution in [0.4, 0.5) is 27.6 Å². The molecule has 5 rings (SSSR count). The molecule has 1 aliphatic heterocycles. The van der Waals surface area contributed by atoms with Crippen molar-refractivity contribution >= 4 is 23.4 Å². The summed E-state index contributed by atoms with van der Waals surface area (Å²) in [6.07, 6.45) is -0.204. The van der Waals surface area contributed by atoms with Crippen molar-refractivity contribution in [3.8, 4) is 0 Å². The number of nitrogens with zero attached hydrogens (tertiary/aromatic N) is 3. The molecule has 1 aromatic heterocycles. The molecule has 14 heteroatoms. The maximum Gasteiger partial charge on any atom is 0.261 e. The number of halogens is 5. The second kappa shape index (κ2) is 12.8. The summed E-state index contributed by atoms with van der Waals surface area (Å²) in [5.74, 6) is -12.5. The Balaban J connectivity index is 1.42. The fraction of sp³-hybridized carbons (Fsp3) is 0.276. The lowest BCUT2D eigenvalue weighted by Gasteiger charge is -2.41. The molecule has 0 unspecified atom stereocenters. The summed E-state index contributed by atoms with van der Waals surface area (Å²) < 4.78 is 83.7. The third-order valence-corrected chi connectivity index (χ3v) is 8.15. The van der Waals surface area contributed by atoms with E-state index in [9.17, 15) is 31.9 Å². The van der Waals surface area contributed by atoms with Crippen LogP contribution in [0.15, 0.2) is 60.0 Å². The number of thioether (sulfide) groups is 1. The standard InChI is InChI=1S/C29H25F5N4O4S/c1-14-19(12-43-29-37-35-13-38(29)2)41-28(42-26(14)16-8-6-15(11-39)7-9-16)17-4-3-5-18(10-17)36-27(40)20-21(30)23(32)25(34)24(33)22(20)31/h3-10,13-14,19,26,28,39H,11-12H2,1-2H3,(H,36,40)/t14-,19+,26+,28+/m0/s1. The number of carbonyl (C=O) groups excluding carboxylic acids is 1. The van der Waals surface area contributed by atoms with Gasteiger partial charge in [0.15, 0.2) is 34.7 Å². The van der Waals surface area contributed by atoms with Gasteiger partial charge in [-0.1, -0.05) is 55.1 Å². The van der Waals surface area contributed by atoms with Crippen molar-refractivity contribution in [2.45, 2.75) is 37.2 Å². The second-order valence-corrected chi connectivity index (χ2v) is 10.9. The molecular weight excluding hydrogens is 595 g/mol. The largest absolute Gasteiger partial charge is 0.392 e. The molecule has 1 amide bonds. The minimum absolute atomic E-state index is 0.00567. The number of benzene rings is 3. The Morgan fingerprint density at radius 3 is 2.28 bits per heavy atom. The lowest BCUT2D eigenvalue weighted by molar-refractivity contribution is -0.268. The first-order valence-corrected chi connectivity index (χ1v) is 14.0. The number of amides is 1. The number of rotatable bonds is 8. The maximum absolute atomic E-state index is 14.2. The van der Waals surface area contributed by atoms with Gasteiger partial charge in [0.1, 0.15) is 11.9 Å². The van der Waals surface area contributed by atoms with Gasteiger partial charge in [-0.05, 0) is 23.3 Å². The third-order valence-electron chi connectivity index (χ3n) is 7.02. The smallest absolute Gasteiger partial charge is 0.261 e. The van der Waals surface area contributed by atoms with E-state index in [0.29, 0.717) is 16.5 Å². The first kappa shape index (κ1) is 30.6. The number of aliphatic hydroxyl groups excluding tert-OH is 1. The summed E-state index contributed by atoms with van der Waals surface area (Å²) in [6, 6.07) is 13.2. The maximum atomic E-state index is 14.2. The Labute approximate surface area is 246 Å². The van der Waals surface area contributed by atoms with Gasteiger partial charge < -0.3 is 24.5 Å². The Kier molecular flexibility index (Phi) is 9.11. The van der Waals surface area contributed by atoms with Crippen molar-refractivity contribution in [3.05, 3.63) is 106 Å². The van der Waals surface area contributed by atoms with Gasteiger partial charge in [0.2, 0.25) is 5.82 Å². The molecule has 226 valence electrons. The SMILES string of the molecule is C[C@H]1[C@@H](CSc2nncn2C)O[C@@H](c2cccc(NC(=O)c3c(F)c(F)c(F)c(F)c3F)c2)O[C@H]1c1ccc(CO)cc1. The van der Waals surface area contributed by atoms with Gasteiger partial charge >= 0.3 is 0 Å². The Bertz CT molecular complexity index is 1610. The molecule has 1 aliphatic rings. The zero-order valence-corrected chi connectivity index (χ0v) is 23.5. The molecule has 0 spiro atoms. The van der Waals surface area contributed by atoms with Gasteiger partial charge in [-0.2, -0.15) is 0 Å².